The lowest BCUT2D eigenvalue weighted by molar-refractivity contribution is 0.0703. The van der Waals surface area contributed by atoms with Crippen LogP contribution in [0.15, 0.2) is 16.1 Å². The van der Waals surface area contributed by atoms with Gasteiger partial charge in [-0.1, -0.05) is 11.8 Å². The summed E-state index contributed by atoms with van der Waals surface area (Å²) in [5, 5.41) is 9.00. The van der Waals surface area contributed by atoms with Crippen molar-refractivity contribution >= 4 is 17.7 Å². The SMILES string of the molecule is O=C(NO)c1cnc2n(c1=O)CCS2. The Morgan fingerprint density at radius 2 is 2.50 bits per heavy atom. The van der Waals surface area contributed by atoms with Crippen LogP contribution in [0.1, 0.15) is 10.4 Å². The van der Waals surface area contributed by atoms with E-state index in [0.717, 1.165) is 5.75 Å². The number of rotatable bonds is 1. The normalized spacial score (nSPS) is 13.8. The third kappa shape index (κ3) is 1.30. The molecule has 0 atom stereocenters. The number of fused-ring (bicyclic) bond motifs is 1. The van der Waals surface area contributed by atoms with Gasteiger partial charge in [-0.05, 0) is 0 Å². The van der Waals surface area contributed by atoms with Gasteiger partial charge in [-0.25, -0.2) is 10.5 Å². The molecule has 0 saturated carbocycles. The number of hydrogen-bond donors (Lipinski definition) is 2. The highest BCUT2D eigenvalue weighted by atomic mass is 32.2. The minimum Gasteiger partial charge on any atom is -0.288 e. The Bertz CT molecular complexity index is 442. The summed E-state index contributed by atoms with van der Waals surface area (Å²) in [6.45, 7) is 0.554. The van der Waals surface area contributed by atoms with Crippen LogP contribution in [0.3, 0.4) is 0 Å². The second-order valence-corrected chi connectivity index (χ2v) is 3.76. The number of thioether (sulfide) groups is 1. The highest BCUT2D eigenvalue weighted by Crippen LogP contribution is 2.20. The van der Waals surface area contributed by atoms with Crippen LogP contribution in [0.5, 0.6) is 0 Å². The number of hydrogen-bond acceptors (Lipinski definition) is 5. The molecule has 1 amide bonds. The molecule has 7 heteroatoms. The van der Waals surface area contributed by atoms with Crippen LogP contribution in [-0.4, -0.2) is 26.4 Å². The number of amides is 1. The number of carbonyl (C=O) groups is 1. The third-order valence-corrected chi connectivity index (χ3v) is 2.87. The lowest BCUT2D eigenvalue weighted by Crippen LogP contribution is -2.31. The number of hydroxylamine groups is 1. The topological polar surface area (TPSA) is 84.2 Å². The molecule has 0 saturated heterocycles. The van der Waals surface area contributed by atoms with Crippen molar-refractivity contribution in [1.82, 2.24) is 15.0 Å². The van der Waals surface area contributed by atoms with Crippen molar-refractivity contribution in [3.63, 3.8) is 0 Å². The summed E-state index contributed by atoms with van der Waals surface area (Å²) in [7, 11) is 0. The van der Waals surface area contributed by atoms with E-state index in [1.54, 1.807) is 0 Å². The molecular weight excluding hydrogens is 206 g/mol. The highest BCUT2D eigenvalue weighted by molar-refractivity contribution is 7.99. The Balaban J connectivity index is 2.56. The van der Waals surface area contributed by atoms with E-state index in [1.807, 2.05) is 0 Å². The molecule has 6 nitrogen and oxygen atoms in total. The maximum atomic E-state index is 11.6. The quantitative estimate of drug-likeness (QED) is 0.372. The maximum absolute atomic E-state index is 11.6. The van der Waals surface area contributed by atoms with E-state index in [2.05, 4.69) is 4.98 Å². The van der Waals surface area contributed by atoms with Gasteiger partial charge in [-0.3, -0.25) is 19.4 Å². The molecule has 1 aromatic heterocycles. The summed E-state index contributed by atoms with van der Waals surface area (Å²) < 4.78 is 1.43. The number of aromatic nitrogens is 2. The summed E-state index contributed by atoms with van der Waals surface area (Å²) in [4.78, 5) is 26.6. The zero-order chi connectivity index (χ0) is 10.1. The molecular formula is C7H7N3O3S. The van der Waals surface area contributed by atoms with Crippen molar-refractivity contribution in [3.05, 3.63) is 22.1 Å². The van der Waals surface area contributed by atoms with Crippen LogP contribution in [0.25, 0.3) is 0 Å². The van der Waals surface area contributed by atoms with Crippen molar-refractivity contribution in [3.8, 4) is 0 Å². The Hall–Kier alpha value is -1.34. The molecule has 14 heavy (non-hydrogen) atoms. The molecule has 1 aliphatic rings. The largest absolute Gasteiger partial charge is 0.288 e. The molecule has 2 rings (SSSR count). The first-order chi connectivity index (χ1) is 6.74. The van der Waals surface area contributed by atoms with Gasteiger partial charge in [0.15, 0.2) is 5.16 Å². The fraction of sp³-hybridized carbons (Fsp3) is 0.286. The first-order valence-electron chi connectivity index (χ1n) is 3.91. The van der Waals surface area contributed by atoms with Crippen LogP contribution >= 0.6 is 11.8 Å². The van der Waals surface area contributed by atoms with Gasteiger partial charge in [0.2, 0.25) is 0 Å². The monoisotopic (exact) mass is 213 g/mol. The van der Waals surface area contributed by atoms with Crippen LogP contribution in [-0.2, 0) is 6.54 Å². The minimum atomic E-state index is -0.824. The van der Waals surface area contributed by atoms with E-state index in [0.29, 0.717) is 11.7 Å². The van der Waals surface area contributed by atoms with Crippen LogP contribution in [0.2, 0.25) is 0 Å². The van der Waals surface area contributed by atoms with Crippen molar-refractivity contribution in [1.29, 1.82) is 0 Å². The highest BCUT2D eigenvalue weighted by Gasteiger charge is 2.19. The fourth-order valence-electron chi connectivity index (χ4n) is 1.23. The molecule has 0 bridgehead atoms. The van der Waals surface area contributed by atoms with Gasteiger partial charge in [0, 0.05) is 18.5 Å². The van der Waals surface area contributed by atoms with Gasteiger partial charge < -0.3 is 0 Å². The minimum absolute atomic E-state index is 0.140. The molecule has 0 radical (unpaired) electrons. The van der Waals surface area contributed by atoms with E-state index < -0.39 is 11.5 Å². The van der Waals surface area contributed by atoms with Gasteiger partial charge >= 0.3 is 0 Å². The Kier molecular flexibility index (Phi) is 2.26. The van der Waals surface area contributed by atoms with Crippen molar-refractivity contribution in [2.45, 2.75) is 11.7 Å². The molecule has 0 spiro atoms. The summed E-state index contributed by atoms with van der Waals surface area (Å²) in [5.74, 6) is -0.0402. The lowest BCUT2D eigenvalue weighted by Gasteiger charge is -2.02. The summed E-state index contributed by atoms with van der Waals surface area (Å²) in [6.07, 6.45) is 1.18. The molecule has 0 aliphatic carbocycles. The van der Waals surface area contributed by atoms with E-state index in [9.17, 15) is 9.59 Å². The zero-order valence-electron chi connectivity index (χ0n) is 7.06. The average molecular weight is 213 g/mol. The van der Waals surface area contributed by atoms with Crippen molar-refractivity contribution in [2.75, 3.05) is 5.75 Å². The van der Waals surface area contributed by atoms with E-state index in [1.165, 1.54) is 28.0 Å². The molecule has 0 aromatic carbocycles. The standard InChI is InChI=1S/C7H7N3O3S/c11-5(9-13)4-3-8-7-10(6(4)12)1-2-14-7/h3,13H,1-2H2,(H,9,11). The molecule has 1 aliphatic heterocycles. The summed E-state index contributed by atoms with van der Waals surface area (Å²) in [6, 6.07) is 0. The van der Waals surface area contributed by atoms with Crippen molar-refractivity contribution < 1.29 is 10.0 Å². The van der Waals surface area contributed by atoms with Gasteiger partial charge in [-0.2, -0.15) is 0 Å². The van der Waals surface area contributed by atoms with Crippen molar-refractivity contribution in [2.24, 2.45) is 0 Å². The molecule has 1 aromatic rings. The van der Waals surface area contributed by atoms with Gasteiger partial charge in [0.05, 0.1) is 0 Å². The summed E-state index contributed by atoms with van der Waals surface area (Å²) >= 11 is 1.47. The molecule has 2 heterocycles. The third-order valence-electron chi connectivity index (χ3n) is 1.90. The molecule has 0 unspecified atom stereocenters. The molecule has 2 N–H and O–H groups in total. The Labute approximate surface area is 82.9 Å². The molecule has 74 valence electrons. The second kappa shape index (κ2) is 3.43. The lowest BCUT2D eigenvalue weighted by atomic mass is 10.3. The number of carbonyl (C=O) groups excluding carboxylic acids is 1. The Morgan fingerprint density at radius 3 is 3.21 bits per heavy atom. The number of nitrogens with zero attached hydrogens (tertiary/aromatic N) is 2. The number of nitrogens with one attached hydrogen (secondary N) is 1. The zero-order valence-corrected chi connectivity index (χ0v) is 7.87. The average Bonchev–Trinajstić information content (AvgIpc) is 2.66. The van der Waals surface area contributed by atoms with E-state index in [4.69, 9.17) is 5.21 Å². The molecule has 0 fully saturated rings. The second-order valence-electron chi connectivity index (χ2n) is 2.70. The summed E-state index contributed by atoms with van der Waals surface area (Å²) in [5.41, 5.74) is 0.864. The Morgan fingerprint density at radius 1 is 1.71 bits per heavy atom. The smallest absolute Gasteiger partial charge is 0.281 e. The van der Waals surface area contributed by atoms with Gasteiger partial charge in [0.1, 0.15) is 5.56 Å². The van der Waals surface area contributed by atoms with Crippen LogP contribution < -0.4 is 11.0 Å². The predicted octanol–water partition coefficient (Wildman–Crippen LogP) is -0.532. The fourth-order valence-corrected chi connectivity index (χ4v) is 2.15. The maximum Gasteiger partial charge on any atom is 0.281 e. The van der Waals surface area contributed by atoms with Gasteiger partial charge in [0.25, 0.3) is 11.5 Å². The van der Waals surface area contributed by atoms with Crippen LogP contribution in [0.4, 0.5) is 0 Å². The van der Waals surface area contributed by atoms with E-state index in [-0.39, 0.29) is 5.56 Å². The van der Waals surface area contributed by atoms with Gasteiger partial charge in [-0.15, -0.1) is 0 Å². The first kappa shape index (κ1) is 9.22. The predicted molar refractivity (Wildman–Crippen MR) is 48.5 cm³/mol. The van der Waals surface area contributed by atoms with E-state index >= 15 is 0 Å². The van der Waals surface area contributed by atoms with Crippen LogP contribution in [0, 0.1) is 0 Å². The first-order valence-corrected chi connectivity index (χ1v) is 4.89.